The molecule has 0 amide bonds. The summed E-state index contributed by atoms with van der Waals surface area (Å²) in [5.41, 5.74) is 0. The van der Waals surface area contributed by atoms with Crippen LogP contribution in [-0.2, 0) is 4.74 Å². The SMILES string of the molecule is [B]C([B])([B])OC. The van der Waals surface area contributed by atoms with E-state index in [1.807, 2.05) is 0 Å². The Morgan fingerprint density at radius 2 is 1.50 bits per heavy atom. The van der Waals surface area contributed by atoms with Crippen molar-refractivity contribution in [1.29, 1.82) is 0 Å². The monoisotopic (exact) mass is 76.0 g/mol. The third-order valence-corrected chi connectivity index (χ3v) is 0.354. The van der Waals surface area contributed by atoms with E-state index in [0.717, 1.165) is 0 Å². The molecule has 0 aromatic rings. The van der Waals surface area contributed by atoms with Crippen LogP contribution in [0.3, 0.4) is 0 Å². The molecule has 0 atom stereocenters. The van der Waals surface area contributed by atoms with Crippen LogP contribution in [-0.4, -0.2) is 35.9 Å². The molecule has 0 N–H and O–H groups in total. The van der Waals surface area contributed by atoms with Crippen molar-refractivity contribution in [2.75, 3.05) is 7.11 Å². The second kappa shape index (κ2) is 1.74. The van der Waals surface area contributed by atoms with E-state index < -0.39 is 5.30 Å². The van der Waals surface area contributed by atoms with Crippen molar-refractivity contribution in [2.45, 2.75) is 5.30 Å². The molecule has 1 nitrogen and oxygen atoms in total. The van der Waals surface area contributed by atoms with Gasteiger partial charge in [-0.1, -0.05) is 0 Å². The van der Waals surface area contributed by atoms with E-state index in [4.69, 9.17) is 23.5 Å². The Labute approximate surface area is 41.7 Å². The zero-order valence-corrected chi connectivity index (χ0v) is 3.64. The molecule has 0 bridgehead atoms. The van der Waals surface area contributed by atoms with E-state index in [2.05, 4.69) is 4.74 Å². The Bertz CT molecular complexity index is 38.5. The maximum atomic E-state index is 4.87. The van der Waals surface area contributed by atoms with E-state index in [-0.39, 0.29) is 0 Å². The van der Waals surface area contributed by atoms with Crippen LogP contribution in [0.5, 0.6) is 0 Å². The first-order valence-electron chi connectivity index (χ1n) is 1.48. The number of methoxy groups -OCH3 is 1. The highest BCUT2D eigenvalue weighted by Gasteiger charge is 2.03. The molecule has 0 saturated carbocycles. The van der Waals surface area contributed by atoms with Gasteiger partial charge in [-0.2, -0.15) is 0 Å². The van der Waals surface area contributed by atoms with Crippen molar-refractivity contribution in [1.82, 2.24) is 0 Å². The van der Waals surface area contributed by atoms with Crippen molar-refractivity contribution in [3.63, 3.8) is 0 Å². The van der Waals surface area contributed by atoms with Gasteiger partial charge in [-0.05, 0) is 5.30 Å². The summed E-state index contributed by atoms with van der Waals surface area (Å²) in [6.07, 6.45) is 0. The molecule has 6 radical (unpaired) electrons. The van der Waals surface area contributed by atoms with Crippen LogP contribution in [0.1, 0.15) is 0 Å². The summed E-state index contributed by atoms with van der Waals surface area (Å²) >= 11 is 0. The number of rotatable bonds is 1. The molecule has 0 rings (SSSR count). The largest absolute Gasteiger partial charge is 0.406 e. The van der Waals surface area contributed by atoms with Gasteiger partial charge in [0.05, 0.1) is 23.5 Å². The van der Waals surface area contributed by atoms with Gasteiger partial charge in [0.25, 0.3) is 0 Å². The molecule has 0 aromatic heterocycles. The highest BCUT2D eigenvalue weighted by molar-refractivity contribution is 6.58. The minimum Gasteiger partial charge on any atom is -0.406 e. The predicted octanol–water partition coefficient (Wildman–Crippen LogP) is -1.25. The van der Waals surface area contributed by atoms with Crippen LogP contribution < -0.4 is 0 Å². The molecule has 0 aromatic carbocycles. The lowest BCUT2D eigenvalue weighted by atomic mass is 9.52. The van der Waals surface area contributed by atoms with Crippen LogP contribution in [0.15, 0.2) is 0 Å². The van der Waals surface area contributed by atoms with Gasteiger partial charge >= 0.3 is 0 Å². The van der Waals surface area contributed by atoms with Crippen LogP contribution in [0.25, 0.3) is 0 Å². The average Bonchev–Trinajstić information content (AvgIpc) is 1.35. The normalized spacial score (nSPS) is 11.5. The molecule has 6 heavy (non-hydrogen) atoms. The van der Waals surface area contributed by atoms with Gasteiger partial charge in [0, 0.05) is 7.11 Å². The summed E-state index contributed by atoms with van der Waals surface area (Å²) in [6, 6.07) is 0. The molecule has 0 aliphatic rings. The summed E-state index contributed by atoms with van der Waals surface area (Å²) in [5, 5.41) is -1.46. The summed E-state index contributed by atoms with van der Waals surface area (Å²) < 4.78 is 4.27. The molecule has 0 aliphatic heterocycles. The maximum Gasteiger partial charge on any atom is 0.0861 e. The molecule has 0 fully saturated rings. The Morgan fingerprint density at radius 1 is 1.33 bits per heavy atom. The fourth-order valence-electron chi connectivity index (χ4n) is 0. The second-order valence-electron chi connectivity index (χ2n) is 1.06. The summed E-state index contributed by atoms with van der Waals surface area (Å²) in [4.78, 5) is 0. The smallest absolute Gasteiger partial charge is 0.0861 e. The minimum atomic E-state index is -1.46. The first-order chi connectivity index (χ1) is 2.56. The van der Waals surface area contributed by atoms with Crippen molar-refractivity contribution < 1.29 is 4.74 Å². The highest BCUT2D eigenvalue weighted by Crippen LogP contribution is 1.85. The minimum absolute atomic E-state index is 1.33. The van der Waals surface area contributed by atoms with Gasteiger partial charge < -0.3 is 4.74 Å². The Hall–Kier alpha value is 0.155. The topological polar surface area (TPSA) is 9.23 Å². The van der Waals surface area contributed by atoms with Crippen LogP contribution in [0.2, 0.25) is 0 Å². The number of hydrogen-bond donors (Lipinski definition) is 0. The van der Waals surface area contributed by atoms with Crippen molar-refractivity contribution in [3.8, 4) is 0 Å². The lowest BCUT2D eigenvalue weighted by Crippen LogP contribution is -2.32. The third kappa shape index (κ3) is 4.15. The Morgan fingerprint density at radius 3 is 1.50 bits per heavy atom. The first kappa shape index (κ1) is 6.15. The summed E-state index contributed by atoms with van der Waals surface area (Å²) in [5.74, 6) is 0. The second-order valence-corrected chi connectivity index (χ2v) is 1.06. The predicted molar refractivity (Wildman–Crippen MR) is 27.0 cm³/mol. The molecule has 0 aliphatic carbocycles. The maximum absolute atomic E-state index is 4.87. The third-order valence-electron chi connectivity index (χ3n) is 0.354. The molecule has 0 spiro atoms. The molecule has 26 valence electrons. The van der Waals surface area contributed by atoms with E-state index in [1.165, 1.54) is 7.11 Å². The Balaban J connectivity index is 3.17. The molecule has 4 heteroatoms. The van der Waals surface area contributed by atoms with Crippen molar-refractivity contribution >= 4 is 23.5 Å². The lowest BCUT2D eigenvalue weighted by molar-refractivity contribution is 0.194. The van der Waals surface area contributed by atoms with Crippen molar-refractivity contribution in [2.24, 2.45) is 0 Å². The van der Waals surface area contributed by atoms with Gasteiger partial charge in [0.1, 0.15) is 0 Å². The molecule has 0 saturated heterocycles. The number of ether oxygens (including phenoxy) is 1. The van der Waals surface area contributed by atoms with Crippen LogP contribution in [0.4, 0.5) is 0 Å². The summed E-state index contributed by atoms with van der Waals surface area (Å²) in [6.45, 7) is 0. The fraction of sp³-hybridized carbons (Fsp3) is 1.00. The molecule has 0 unspecified atom stereocenters. The van der Waals surface area contributed by atoms with E-state index in [1.54, 1.807) is 0 Å². The van der Waals surface area contributed by atoms with Gasteiger partial charge in [0.15, 0.2) is 0 Å². The standard InChI is InChI=1S/C2H3B3O/c1-6-2(3,4)5/h1H3. The highest BCUT2D eigenvalue weighted by atomic mass is 16.5. The quantitative estimate of drug-likeness (QED) is 0.354. The van der Waals surface area contributed by atoms with E-state index in [9.17, 15) is 0 Å². The zero-order valence-electron chi connectivity index (χ0n) is 3.64. The van der Waals surface area contributed by atoms with Crippen LogP contribution in [0, 0.1) is 0 Å². The first-order valence-corrected chi connectivity index (χ1v) is 1.48. The zero-order chi connectivity index (χ0) is 5.21. The Kier molecular flexibility index (Phi) is 1.78. The van der Waals surface area contributed by atoms with Gasteiger partial charge in [-0.3, -0.25) is 0 Å². The summed E-state index contributed by atoms with van der Waals surface area (Å²) in [7, 11) is 15.9. The van der Waals surface area contributed by atoms with Crippen LogP contribution >= 0.6 is 0 Å². The molecule has 0 heterocycles. The number of hydrogen-bond acceptors (Lipinski definition) is 1. The molecular weight excluding hydrogens is 72.5 g/mol. The lowest BCUT2D eigenvalue weighted by Gasteiger charge is -2.15. The average molecular weight is 75.5 g/mol. The van der Waals surface area contributed by atoms with Crippen molar-refractivity contribution in [3.05, 3.63) is 0 Å². The molecular formula is C2H3B3O. The fourth-order valence-corrected chi connectivity index (χ4v) is 0. The van der Waals surface area contributed by atoms with Gasteiger partial charge in [-0.25, -0.2) is 0 Å². The van der Waals surface area contributed by atoms with Gasteiger partial charge in [0.2, 0.25) is 0 Å². The van der Waals surface area contributed by atoms with E-state index in [0.29, 0.717) is 0 Å². The van der Waals surface area contributed by atoms with Gasteiger partial charge in [-0.15, -0.1) is 0 Å². The van der Waals surface area contributed by atoms with E-state index >= 15 is 0 Å².